The lowest BCUT2D eigenvalue weighted by atomic mass is 10.0. The molecule has 0 saturated heterocycles. The quantitative estimate of drug-likeness (QED) is 0.293. The first-order valence-corrected chi connectivity index (χ1v) is 9.60. The van der Waals surface area contributed by atoms with E-state index in [0.29, 0.717) is 5.92 Å². The van der Waals surface area contributed by atoms with E-state index in [1.807, 2.05) is 0 Å². The van der Waals surface area contributed by atoms with E-state index in [4.69, 9.17) is 4.98 Å². The van der Waals surface area contributed by atoms with Gasteiger partial charge in [-0.15, -0.1) is 0 Å². The van der Waals surface area contributed by atoms with Crippen LogP contribution >= 0.6 is 0 Å². The van der Waals surface area contributed by atoms with Gasteiger partial charge >= 0.3 is 0 Å². The highest BCUT2D eigenvalue weighted by Crippen LogP contribution is 2.31. The second kappa shape index (κ2) is 5.53. The minimum absolute atomic E-state index is 0.511. The zero-order valence-electron chi connectivity index (χ0n) is 16.5. The summed E-state index contributed by atoms with van der Waals surface area (Å²) >= 11 is 0. The monoisotopic (exact) mass is 354 g/mol. The Morgan fingerprint density at radius 2 is 1.74 bits per heavy atom. The van der Waals surface area contributed by atoms with Gasteiger partial charge in [0.15, 0.2) is 11.0 Å². The van der Waals surface area contributed by atoms with E-state index in [9.17, 15) is 0 Å². The van der Waals surface area contributed by atoms with Crippen LogP contribution in [0.3, 0.4) is 0 Å². The van der Waals surface area contributed by atoms with Crippen LogP contribution in [0.4, 0.5) is 0 Å². The van der Waals surface area contributed by atoms with Crippen LogP contribution in [0.15, 0.2) is 48.5 Å². The molecule has 5 rings (SSSR count). The lowest BCUT2D eigenvalue weighted by molar-refractivity contribution is -0.449. The van der Waals surface area contributed by atoms with Crippen LogP contribution in [0.5, 0.6) is 0 Å². The average molecular weight is 354 g/mol. The molecule has 0 spiro atoms. The van der Waals surface area contributed by atoms with Crippen LogP contribution in [0.2, 0.25) is 0 Å². The first-order valence-electron chi connectivity index (χ1n) is 9.60. The average Bonchev–Trinajstić information content (AvgIpc) is 2.94. The summed E-state index contributed by atoms with van der Waals surface area (Å²) < 4.78 is 4.74. The highest BCUT2D eigenvalue weighted by molar-refractivity contribution is 6.09. The number of pyridine rings is 2. The van der Waals surface area contributed by atoms with E-state index in [-0.39, 0.29) is 0 Å². The highest BCUT2D eigenvalue weighted by Gasteiger charge is 2.25. The van der Waals surface area contributed by atoms with Crippen molar-refractivity contribution in [3.8, 4) is 0 Å². The molecule has 3 aromatic heterocycles. The van der Waals surface area contributed by atoms with Crippen LogP contribution in [0.25, 0.3) is 38.5 Å². The standard InChI is InChI=1S/C24H24N3/c1-14(2)17-10-11-20-21(13-17)26(5)24-22-15(3)12-16(4)25-23(22)18-8-6-7-9-19(18)27(20)24/h6-14H,1-5H3/q+1. The van der Waals surface area contributed by atoms with Crippen molar-refractivity contribution in [2.75, 3.05) is 0 Å². The molecule has 3 heteroatoms. The van der Waals surface area contributed by atoms with Crippen molar-refractivity contribution >= 4 is 38.5 Å². The van der Waals surface area contributed by atoms with E-state index in [1.165, 1.54) is 44.1 Å². The zero-order valence-corrected chi connectivity index (χ0v) is 16.5. The largest absolute Gasteiger partial charge is 0.297 e. The molecule has 0 saturated carbocycles. The van der Waals surface area contributed by atoms with Gasteiger partial charge in [-0.1, -0.05) is 32.0 Å². The minimum atomic E-state index is 0.511. The fourth-order valence-corrected chi connectivity index (χ4v) is 4.44. The summed E-state index contributed by atoms with van der Waals surface area (Å²) in [5.41, 5.74) is 9.73. The summed E-state index contributed by atoms with van der Waals surface area (Å²) in [5, 5.41) is 2.45. The molecule has 27 heavy (non-hydrogen) atoms. The Morgan fingerprint density at radius 1 is 0.963 bits per heavy atom. The van der Waals surface area contributed by atoms with Gasteiger partial charge in [0.05, 0.1) is 18.0 Å². The summed E-state index contributed by atoms with van der Waals surface area (Å²) in [5.74, 6) is 0.511. The molecular formula is C24H24N3+. The maximum absolute atomic E-state index is 4.95. The molecule has 3 heterocycles. The smallest absolute Gasteiger partial charge is 0.252 e. The maximum atomic E-state index is 4.95. The third-order valence-electron chi connectivity index (χ3n) is 5.77. The van der Waals surface area contributed by atoms with Gasteiger partial charge in [-0.2, -0.15) is 4.40 Å². The summed E-state index contributed by atoms with van der Waals surface area (Å²) in [7, 11) is 2.18. The molecule has 0 aliphatic rings. The number of fused-ring (bicyclic) bond motifs is 8. The van der Waals surface area contributed by atoms with Crippen LogP contribution in [-0.2, 0) is 7.05 Å². The number of benzene rings is 2. The van der Waals surface area contributed by atoms with Gasteiger partial charge in [0, 0.05) is 11.1 Å². The molecule has 0 N–H and O–H groups in total. The van der Waals surface area contributed by atoms with Gasteiger partial charge in [0.2, 0.25) is 0 Å². The number of rotatable bonds is 1. The van der Waals surface area contributed by atoms with Crippen molar-refractivity contribution in [3.63, 3.8) is 0 Å². The van der Waals surface area contributed by atoms with E-state index >= 15 is 0 Å². The molecule has 2 aromatic carbocycles. The molecule has 0 radical (unpaired) electrons. The molecule has 0 amide bonds. The fourth-order valence-electron chi connectivity index (χ4n) is 4.44. The second-order valence-electron chi connectivity index (χ2n) is 7.94. The Hall–Kier alpha value is -2.94. The number of hydrogen-bond acceptors (Lipinski definition) is 1. The predicted octanol–water partition coefficient (Wildman–Crippen LogP) is 5.36. The number of nitrogens with zero attached hydrogens (tertiary/aromatic N) is 3. The highest BCUT2D eigenvalue weighted by atomic mass is 15.1. The van der Waals surface area contributed by atoms with Crippen LogP contribution in [-0.4, -0.2) is 9.55 Å². The number of imidazole rings is 1. The van der Waals surface area contributed by atoms with Crippen LogP contribution in [0.1, 0.15) is 36.6 Å². The molecule has 134 valence electrons. The molecule has 0 fully saturated rings. The first-order chi connectivity index (χ1) is 13.0. The fraction of sp³-hybridized carbons (Fsp3) is 0.250. The van der Waals surface area contributed by atoms with Crippen molar-refractivity contribution in [1.82, 2.24) is 9.55 Å². The lowest BCUT2D eigenvalue weighted by Crippen LogP contribution is -2.23. The lowest BCUT2D eigenvalue weighted by Gasteiger charge is -2.07. The Balaban J connectivity index is 2.15. The summed E-state index contributed by atoms with van der Waals surface area (Å²) in [6, 6.07) is 17.7. The number of hydrogen-bond donors (Lipinski definition) is 0. The number of aryl methyl sites for hydroxylation is 3. The van der Waals surface area contributed by atoms with Crippen LogP contribution < -0.4 is 4.40 Å². The Labute approximate surface area is 158 Å². The summed E-state index contributed by atoms with van der Waals surface area (Å²) in [4.78, 5) is 4.95. The summed E-state index contributed by atoms with van der Waals surface area (Å²) in [6.45, 7) is 8.77. The van der Waals surface area contributed by atoms with E-state index in [2.05, 4.69) is 92.2 Å². The predicted molar refractivity (Wildman–Crippen MR) is 112 cm³/mol. The Kier molecular flexibility index (Phi) is 3.33. The van der Waals surface area contributed by atoms with Gasteiger partial charge in [0.25, 0.3) is 5.65 Å². The Bertz CT molecular complexity index is 1370. The first kappa shape index (κ1) is 16.2. The molecular weight excluding hydrogens is 330 g/mol. The molecule has 0 unspecified atom stereocenters. The van der Waals surface area contributed by atoms with Crippen LogP contribution in [0, 0.1) is 13.8 Å². The summed E-state index contributed by atoms with van der Waals surface area (Å²) in [6.07, 6.45) is 0. The second-order valence-corrected chi connectivity index (χ2v) is 7.94. The third kappa shape index (κ3) is 2.14. The minimum Gasteiger partial charge on any atom is -0.252 e. The van der Waals surface area contributed by atoms with Crippen molar-refractivity contribution in [2.24, 2.45) is 7.05 Å². The molecule has 5 aromatic rings. The van der Waals surface area contributed by atoms with Crippen molar-refractivity contribution in [1.29, 1.82) is 0 Å². The van der Waals surface area contributed by atoms with Crippen molar-refractivity contribution < 1.29 is 4.40 Å². The molecule has 3 nitrogen and oxygen atoms in total. The molecule has 0 atom stereocenters. The van der Waals surface area contributed by atoms with Gasteiger partial charge in [-0.3, -0.25) is 4.98 Å². The Morgan fingerprint density at radius 3 is 2.52 bits per heavy atom. The molecule has 0 aliphatic heterocycles. The molecule has 0 aliphatic carbocycles. The van der Waals surface area contributed by atoms with Gasteiger partial charge in [-0.05, 0) is 61.2 Å². The van der Waals surface area contributed by atoms with Gasteiger partial charge in [-0.25, -0.2) is 4.57 Å². The maximum Gasteiger partial charge on any atom is 0.297 e. The van der Waals surface area contributed by atoms with Gasteiger partial charge in [0.1, 0.15) is 5.52 Å². The van der Waals surface area contributed by atoms with E-state index in [0.717, 1.165) is 11.2 Å². The van der Waals surface area contributed by atoms with E-state index in [1.54, 1.807) is 0 Å². The normalized spacial score (nSPS) is 12.2. The zero-order chi connectivity index (χ0) is 18.9. The molecule has 0 bridgehead atoms. The van der Waals surface area contributed by atoms with Gasteiger partial charge < -0.3 is 0 Å². The van der Waals surface area contributed by atoms with Crippen molar-refractivity contribution in [2.45, 2.75) is 33.6 Å². The number of para-hydroxylation sites is 1. The number of aromatic nitrogens is 3. The SMILES string of the molecule is Cc1cc(C)c2c(n1)c1ccccc1[n+]1c3ccc(C(C)C)cc3n(C)c21. The third-order valence-corrected chi connectivity index (χ3v) is 5.77. The van der Waals surface area contributed by atoms with Crippen molar-refractivity contribution in [3.05, 3.63) is 65.4 Å². The van der Waals surface area contributed by atoms with E-state index < -0.39 is 0 Å². The topological polar surface area (TPSA) is 21.9 Å².